The van der Waals surface area contributed by atoms with Crippen LogP contribution in [0, 0.1) is 5.92 Å². The quantitative estimate of drug-likeness (QED) is 0.865. The number of carbonyl (C=O) groups is 1. The molecular formula is C15H22BrN3O. The summed E-state index contributed by atoms with van der Waals surface area (Å²) in [6, 6.07) is 6.17. The van der Waals surface area contributed by atoms with Crippen LogP contribution in [-0.2, 0) is 0 Å². The predicted octanol–water partition coefficient (Wildman–Crippen LogP) is 2.50. The highest BCUT2D eigenvalue weighted by Crippen LogP contribution is 2.35. The largest absolute Gasteiger partial charge is 0.368 e. The number of halogens is 1. The first kappa shape index (κ1) is 15.3. The number of nitrogens with two attached hydrogens (primary N) is 2. The van der Waals surface area contributed by atoms with Gasteiger partial charge in [0.05, 0.1) is 11.3 Å². The van der Waals surface area contributed by atoms with Crippen LogP contribution in [0.4, 0.5) is 5.69 Å². The molecule has 1 aromatic rings. The molecule has 2 rings (SSSR count). The van der Waals surface area contributed by atoms with Gasteiger partial charge >= 0.3 is 0 Å². The molecule has 1 aromatic carbocycles. The smallest absolute Gasteiger partial charge is 0.251 e. The van der Waals surface area contributed by atoms with Crippen molar-refractivity contribution >= 4 is 27.5 Å². The Bertz CT molecular complexity index is 492. The molecule has 0 spiro atoms. The van der Waals surface area contributed by atoms with Gasteiger partial charge in [-0.2, -0.15) is 0 Å². The van der Waals surface area contributed by atoms with E-state index in [1.165, 1.54) is 6.42 Å². The summed E-state index contributed by atoms with van der Waals surface area (Å²) in [6.45, 7) is 3.65. The minimum Gasteiger partial charge on any atom is -0.368 e. The predicted molar refractivity (Wildman–Crippen MR) is 85.9 cm³/mol. The highest BCUT2D eigenvalue weighted by molar-refractivity contribution is 9.10. The summed E-state index contributed by atoms with van der Waals surface area (Å²) in [5, 5.41) is 0. The Hall–Kier alpha value is -1.07. The maximum Gasteiger partial charge on any atom is 0.251 e. The van der Waals surface area contributed by atoms with Crippen molar-refractivity contribution in [3.8, 4) is 0 Å². The Morgan fingerprint density at radius 2 is 2.20 bits per heavy atom. The molecule has 0 aromatic heterocycles. The van der Waals surface area contributed by atoms with E-state index >= 15 is 0 Å². The standard InChI is InChI=1S/C15H22BrN3O/c1-2-19(12-7-3-5-10(12)9-17)13-8-4-6-11(16)14(13)15(18)20/h4,6,8,10,12H,2-3,5,7,9,17H2,1H3,(H2,18,20). The highest BCUT2D eigenvalue weighted by Gasteiger charge is 2.32. The molecule has 0 saturated heterocycles. The SMILES string of the molecule is CCN(c1cccc(Br)c1C(N)=O)C1CCCC1CN. The summed E-state index contributed by atoms with van der Waals surface area (Å²) in [6.07, 6.45) is 3.49. The summed E-state index contributed by atoms with van der Waals surface area (Å²) < 4.78 is 0.753. The lowest BCUT2D eigenvalue weighted by molar-refractivity contribution is 0.1000. The van der Waals surface area contributed by atoms with E-state index in [2.05, 4.69) is 27.8 Å². The van der Waals surface area contributed by atoms with Gasteiger partial charge in [0.15, 0.2) is 0 Å². The molecule has 1 saturated carbocycles. The number of rotatable bonds is 5. The normalized spacial score (nSPS) is 21.9. The van der Waals surface area contributed by atoms with Gasteiger partial charge in [-0.15, -0.1) is 0 Å². The van der Waals surface area contributed by atoms with Gasteiger partial charge in [0.2, 0.25) is 0 Å². The molecule has 0 radical (unpaired) electrons. The monoisotopic (exact) mass is 339 g/mol. The van der Waals surface area contributed by atoms with Crippen molar-refractivity contribution < 1.29 is 4.79 Å². The lowest BCUT2D eigenvalue weighted by Gasteiger charge is -2.35. The Morgan fingerprint density at radius 1 is 1.45 bits per heavy atom. The third-order valence-electron chi connectivity index (χ3n) is 4.21. The summed E-state index contributed by atoms with van der Waals surface area (Å²) in [5.74, 6) is 0.0999. The van der Waals surface area contributed by atoms with Gasteiger partial charge in [-0.05, 0) is 60.3 Å². The number of anilines is 1. The lowest BCUT2D eigenvalue weighted by atomic mass is 10.0. The van der Waals surface area contributed by atoms with Crippen LogP contribution in [0.3, 0.4) is 0 Å². The van der Waals surface area contributed by atoms with Gasteiger partial charge < -0.3 is 16.4 Å². The van der Waals surface area contributed by atoms with E-state index in [4.69, 9.17) is 11.5 Å². The molecule has 0 heterocycles. The van der Waals surface area contributed by atoms with E-state index in [1.807, 2.05) is 18.2 Å². The fraction of sp³-hybridized carbons (Fsp3) is 0.533. The molecule has 1 fully saturated rings. The summed E-state index contributed by atoms with van der Waals surface area (Å²) in [7, 11) is 0. The fourth-order valence-electron chi connectivity index (χ4n) is 3.28. The van der Waals surface area contributed by atoms with Crippen molar-refractivity contribution in [2.75, 3.05) is 18.0 Å². The van der Waals surface area contributed by atoms with Gasteiger partial charge in [-0.25, -0.2) is 0 Å². The average Bonchev–Trinajstić information content (AvgIpc) is 2.87. The molecule has 5 heteroatoms. The van der Waals surface area contributed by atoms with Gasteiger partial charge in [-0.1, -0.05) is 12.5 Å². The number of primary amides is 1. The molecule has 2 unspecified atom stereocenters. The van der Waals surface area contributed by atoms with Crippen molar-refractivity contribution in [1.82, 2.24) is 0 Å². The first-order valence-corrected chi connectivity index (χ1v) is 7.94. The number of nitrogens with zero attached hydrogens (tertiary/aromatic N) is 1. The van der Waals surface area contributed by atoms with E-state index < -0.39 is 5.91 Å². The number of hydrogen-bond donors (Lipinski definition) is 2. The zero-order chi connectivity index (χ0) is 14.7. The Morgan fingerprint density at radius 3 is 2.80 bits per heavy atom. The van der Waals surface area contributed by atoms with E-state index in [-0.39, 0.29) is 0 Å². The van der Waals surface area contributed by atoms with Crippen molar-refractivity contribution in [2.45, 2.75) is 32.2 Å². The van der Waals surface area contributed by atoms with Crippen LogP contribution < -0.4 is 16.4 Å². The van der Waals surface area contributed by atoms with Crippen molar-refractivity contribution in [3.05, 3.63) is 28.2 Å². The second-order valence-electron chi connectivity index (χ2n) is 5.28. The fourth-order valence-corrected chi connectivity index (χ4v) is 3.83. The molecule has 2 atom stereocenters. The van der Waals surface area contributed by atoms with Crippen LogP contribution in [-0.4, -0.2) is 25.0 Å². The topological polar surface area (TPSA) is 72.3 Å². The van der Waals surface area contributed by atoms with Crippen LogP contribution >= 0.6 is 15.9 Å². The first-order valence-electron chi connectivity index (χ1n) is 7.15. The molecular weight excluding hydrogens is 318 g/mol. The highest BCUT2D eigenvalue weighted by atomic mass is 79.9. The van der Waals surface area contributed by atoms with Crippen LogP contribution in [0.25, 0.3) is 0 Å². The number of hydrogen-bond acceptors (Lipinski definition) is 3. The van der Waals surface area contributed by atoms with Gasteiger partial charge in [0.25, 0.3) is 5.91 Å². The van der Waals surface area contributed by atoms with E-state index in [1.54, 1.807) is 0 Å². The van der Waals surface area contributed by atoms with Gasteiger partial charge in [0.1, 0.15) is 0 Å². The van der Waals surface area contributed by atoms with Gasteiger partial charge in [0, 0.05) is 17.1 Å². The molecule has 1 amide bonds. The molecule has 0 aliphatic heterocycles. The van der Waals surface area contributed by atoms with E-state index in [9.17, 15) is 4.79 Å². The number of benzene rings is 1. The maximum atomic E-state index is 11.8. The zero-order valence-corrected chi connectivity index (χ0v) is 13.4. The number of amides is 1. The van der Waals surface area contributed by atoms with Crippen LogP contribution in [0.5, 0.6) is 0 Å². The van der Waals surface area contributed by atoms with Crippen molar-refractivity contribution in [1.29, 1.82) is 0 Å². The molecule has 0 bridgehead atoms. The van der Waals surface area contributed by atoms with Crippen molar-refractivity contribution in [3.63, 3.8) is 0 Å². The molecule has 4 nitrogen and oxygen atoms in total. The second-order valence-corrected chi connectivity index (χ2v) is 6.13. The Labute approximate surface area is 128 Å². The summed E-state index contributed by atoms with van der Waals surface area (Å²) in [4.78, 5) is 14.1. The molecule has 4 N–H and O–H groups in total. The van der Waals surface area contributed by atoms with E-state index in [0.29, 0.717) is 24.1 Å². The Kier molecular flexibility index (Phi) is 5.05. The van der Waals surface area contributed by atoms with Gasteiger partial charge in [-0.3, -0.25) is 4.79 Å². The van der Waals surface area contributed by atoms with Crippen LogP contribution in [0.2, 0.25) is 0 Å². The zero-order valence-electron chi connectivity index (χ0n) is 11.8. The lowest BCUT2D eigenvalue weighted by Crippen LogP contribution is -2.41. The average molecular weight is 340 g/mol. The molecule has 1 aliphatic carbocycles. The molecule has 1 aliphatic rings. The maximum absolute atomic E-state index is 11.8. The number of carbonyl (C=O) groups excluding carboxylic acids is 1. The Balaban J connectivity index is 2.42. The summed E-state index contributed by atoms with van der Waals surface area (Å²) >= 11 is 3.43. The van der Waals surface area contributed by atoms with Crippen molar-refractivity contribution in [2.24, 2.45) is 17.4 Å². The third kappa shape index (κ3) is 2.83. The summed E-state index contributed by atoms with van der Waals surface area (Å²) in [5.41, 5.74) is 12.9. The van der Waals surface area contributed by atoms with Crippen LogP contribution in [0.1, 0.15) is 36.5 Å². The third-order valence-corrected chi connectivity index (χ3v) is 4.87. The second kappa shape index (κ2) is 6.59. The van der Waals surface area contributed by atoms with E-state index in [0.717, 1.165) is 29.5 Å². The van der Waals surface area contributed by atoms with Crippen LogP contribution in [0.15, 0.2) is 22.7 Å². The minimum atomic E-state index is -0.395. The molecule has 110 valence electrons. The minimum absolute atomic E-state index is 0.395. The molecule has 20 heavy (non-hydrogen) atoms. The first-order chi connectivity index (χ1) is 9.60.